The molecule has 6 heteroatoms. The minimum Gasteiger partial charge on any atom is -0.477 e. The second-order valence-electron chi connectivity index (χ2n) is 12.1. The molecule has 2 aromatic heterocycles. The molecule has 0 radical (unpaired) electrons. The van der Waals surface area contributed by atoms with Crippen LogP contribution in [-0.2, 0) is 13.1 Å². The predicted molar refractivity (Wildman–Crippen MR) is 218 cm³/mol. The van der Waals surface area contributed by atoms with Crippen LogP contribution in [0.1, 0.15) is 0 Å². The second kappa shape index (κ2) is 15.2. The van der Waals surface area contributed by atoms with E-state index in [9.17, 15) is 0 Å². The van der Waals surface area contributed by atoms with E-state index in [1.165, 1.54) is 0 Å². The number of rotatable bonds is 12. The van der Waals surface area contributed by atoms with Crippen LogP contribution in [0, 0.1) is 74.1 Å². The van der Waals surface area contributed by atoms with E-state index < -0.39 is 0 Å². The maximum Gasteiger partial charge on any atom is 0.163 e. The molecule has 6 nitrogen and oxygen atoms in total. The summed E-state index contributed by atoms with van der Waals surface area (Å²) in [6.07, 6.45) is 34.6. The van der Waals surface area contributed by atoms with Gasteiger partial charge in [-0.25, -0.2) is 0 Å². The zero-order valence-electron chi connectivity index (χ0n) is 29.3. The maximum atomic E-state index is 6.13. The molecule has 0 aliphatic heterocycles. The molecule has 54 heavy (non-hydrogen) atoms. The SMILES string of the molecule is C#CCOc1ccc(-c2c3c4ccccc4n(CC#C)c3c(-c3ccc(OCC#C)c(OCC#C)c3)c3c4ccccc4n(CC#C)c23)cc1OCC#C. The molecule has 0 N–H and O–H groups in total. The first-order chi connectivity index (χ1) is 26.6. The van der Waals surface area contributed by atoms with Crippen molar-refractivity contribution in [3.8, 4) is 119 Å². The summed E-state index contributed by atoms with van der Waals surface area (Å²) in [6, 6.07) is 28.0. The summed E-state index contributed by atoms with van der Waals surface area (Å²) in [4.78, 5) is 0. The number of benzene rings is 5. The molecule has 0 saturated heterocycles. The van der Waals surface area contributed by atoms with Gasteiger partial charge in [-0.3, -0.25) is 0 Å². The van der Waals surface area contributed by atoms with Gasteiger partial charge in [0, 0.05) is 32.7 Å². The van der Waals surface area contributed by atoms with Crippen molar-refractivity contribution in [2.45, 2.75) is 13.1 Å². The Morgan fingerprint density at radius 2 is 0.796 bits per heavy atom. The lowest BCUT2D eigenvalue weighted by Gasteiger charge is -2.19. The molecule has 7 rings (SSSR count). The number of aromatic nitrogens is 2. The van der Waals surface area contributed by atoms with Gasteiger partial charge in [0.2, 0.25) is 0 Å². The van der Waals surface area contributed by atoms with E-state index >= 15 is 0 Å². The zero-order valence-corrected chi connectivity index (χ0v) is 29.3. The van der Waals surface area contributed by atoms with E-state index in [0.717, 1.165) is 65.9 Å². The van der Waals surface area contributed by atoms with Crippen molar-refractivity contribution in [1.82, 2.24) is 9.13 Å². The van der Waals surface area contributed by atoms with Crippen LogP contribution in [0.25, 0.3) is 65.9 Å². The summed E-state index contributed by atoms with van der Waals surface area (Å²) < 4.78 is 28.3. The summed E-state index contributed by atoms with van der Waals surface area (Å²) in [6.45, 7) is 0.774. The van der Waals surface area contributed by atoms with Crippen LogP contribution >= 0.6 is 0 Å². The maximum absolute atomic E-state index is 6.13. The van der Waals surface area contributed by atoms with E-state index in [4.69, 9.17) is 57.5 Å². The van der Waals surface area contributed by atoms with Crippen molar-refractivity contribution in [1.29, 1.82) is 0 Å². The normalized spacial score (nSPS) is 10.6. The largest absolute Gasteiger partial charge is 0.477 e. The van der Waals surface area contributed by atoms with Crippen LogP contribution in [-0.4, -0.2) is 35.6 Å². The molecule has 0 bridgehead atoms. The first-order valence-corrected chi connectivity index (χ1v) is 17.0. The smallest absolute Gasteiger partial charge is 0.163 e. The van der Waals surface area contributed by atoms with Crippen molar-refractivity contribution in [2.24, 2.45) is 0 Å². The molecule has 5 aromatic carbocycles. The zero-order chi connectivity index (χ0) is 37.6. The minimum absolute atomic E-state index is 0.0313. The predicted octanol–water partition coefficient (Wildman–Crippen LogP) is 8.55. The molecule has 0 aliphatic rings. The topological polar surface area (TPSA) is 46.8 Å². The second-order valence-corrected chi connectivity index (χ2v) is 12.1. The summed E-state index contributed by atoms with van der Waals surface area (Å²) in [5.74, 6) is 17.8. The van der Waals surface area contributed by atoms with Crippen molar-refractivity contribution in [3.05, 3.63) is 84.9 Å². The first-order valence-electron chi connectivity index (χ1n) is 17.0. The van der Waals surface area contributed by atoms with Gasteiger partial charge in [0.15, 0.2) is 23.0 Å². The molecule has 7 aromatic rings. The summed E-state index contributed by atoms with van der Waals surface area (Å²) in [7, 11) is 0. The number of hydrogen-bond acceptors (Lipinski definition) is 4. The van der Waals surface area contributed by atoms with Crippen molar-refractivity contribution < 1.29 is 18.9 Å². The van der Waals surface area contributed by atoms with E-state index in [0.29, 0.717) is 36.1 Å². The Labute approximate surface area is 314 Å². The van der Waals surface area contributed by atoms with E-state index in [-0.39, 0.29) is 26.4 Å². The molecule has 0 spiro atoms. The Hall–Kier alpha value is -7.74. The van der Waals surface area contributed by atoms with Gasteiger partial charge in [0.1, 0.15) is 26.4 Å². The Morgan fingerprint density at radius 3 is 1.17 bits per heavy atom. The number of nitrogens with zero attached hydrogens (tertiary/aromatic N) is 2. The number of terminal acetylenes is 6. The number of ether oxygens (including phenoxy) is 4. The van der Waals surface area contributed by atoms with Gasteiger partial charge in [0.25, 0.3) is 0 Å². The minimum atomic E-state index is 0.0313. The van der Waals surface area contributed by atoms with Crippen molar-refractivity contribution in [3.63, 3.8) is 0 Å². The molecule has 2 heterocycles. The van der Waals surface area contributed by atoms with Crippen LogP contribution in [0.3, 0.4) is 0 Å². The van der Waals surface area contributed by atoms with Crippen LogP contribution in [0.2, 0.25) is 0 Å². The van der Waals surface area contributed by atoms with E-state index in [2.05, 4.69) is 68.9 Å². The Morgan fingerprint density at radius 1 is 0.426 bits per heavy atom. The highest BCUT2D eigenvalue weighted by Crippen LogP contribution is 2.52. The third kappa shape index (κ3) is 5.92. The lowest BCUT2D eigenvalue weighted by Crippen LogP contribution is -2.03. The molecule has 0 atom stereocenters. The summed E-state index contributed by atoms with van der Waals surface area (Å²) >= 11 is 0. The highest BCUT2D eigenvalue weighted by molar-refractivity contribution is 6.32. The standard InChI is InChI=1S/C48H32N2O4/c1-7-25-49-37-19-15-13-17-35(37)45-44(34-22-24-40(52-28-10-4)42(32-34)54-30-12-6)48-46(36-18-14-16-20-38(36)50(48)26-8-2)43(47(45)49)33-21-23-39(51-27-9-3)41(31-33)53-29-11-5/h1-6,13-24,31-32H,25-30H2. The lowest BCUT2D eigenvalue weighted by atomic mass is 9.89. The van der Waals surface area contributed by atoms with E-state index in [1.54, 1.807) is 0 Å². The Kier molecular flexibility index (Phi) is 9.80. The summed E-state index contributed by atoms with van der Waals surface area (Å²) in [5.41, 5.74) is 7.30. The van der Waals surface area contributed by atoms with Gasteiger partial charge in [-0.05, 0) is 47.5 Å². The molecule has 0 saturated carbocycles. The lowest BCUT2D eigenvalue weighted by molar-refractivity contribution is 0.315. The summed E-state index contributed by atoms with van der Waals surface area (Å²) in [5, 5.41) is 3.91. The fraction of sp³-hybridized carbons (Fsp3) is 0.125. The highest BCUT2D eigenvalue weighted by atomic mass is 16.5. The van der Waals surface area contributed by atoms with Crippen LogP contribution in [0.15, 0.2) is 84.9 Å². The average Bonchev–Trinajstić information content (AvgIpc) is 3.70. The third-order valence-electron chi connectivity index (χ3n) is 9.12. The molecular weight excluding hydrogens is 669 g/mol. The number of para-hydroxylation sites is 2. The molecule has 0 unspecified atom stereocenters. The fourth-order valence-electron chi connectivity index (χ4n) is 7.21. The molecule has 0 amide bonds. The molecular formula is C48H32N2O4. The molecule has 0 fully saturated rings. The number of hydrogen-bond donors (Lipinski definition) is 0. The van der Waals surface area contributed by atoms with Crippen LogP contribution in [0.5, 0.6) is 23.0 Å². The quantitative estimate of drug-likeness (QED) is 0.120. The van der Waals surface area contributed by atoms with Gasteiger partial charge < -0.3 is 28.1 Å². The van der Waals surface area contributed by atoms with Gasteiger partial charge in [0.05, 0.1) is 35.2 Å². The van der Waals surface area contributed by atoms with Gasteiger partial charge in [-0.15, -0.1) is 38.5 Å². The fourth-order valence-corrected chi connectivity index (χ4v) is 7.21. The van der Waals surface area contributed by atoms with Gasteiger partial charge in [-0.2, -0.15) is 0 Å². The first kappa shape index (κ1) is 34.7. The third-order valence-corrected chi connectivity index (χ3v) is 9.12. The van der Waals surface area contributed by atoms with E-state index in [1.807, 2.05) is 60.7 Å². The Bertz CT molecular complexity index is 2670. The average molecular weight is 701 g/mol. The highest BCUT2D eigenvalue weighted by Gasteiger charge is 2.28. The van der Waals surface area contributed by atoms with Crippen molar-refractivity contribution >= 4 is 43.6 Å². The van der Waals surface area contributed by atoms with Gasteiger partial charge in [-0.1, -0.05) is 84.1 Å². The number of fused-ring (bicyclic) bond motifs is 6. The van der Waals surface area contributed by atoms with Crippen molar-refractivity contribution in [2.75, 3.05) is 26.4 Å². The van der Waals surface area contributed by atoms with Gasteiger partial charge >= 0.3 is 0 Å². The van der Waals surface area contributed by atoms with Crippen LogP contribution in [0.4, 0.5) is 0 Å². The monoisotopic (exact) mass is 700 g/mol. The Balaban J connectivity index is 1.73. The molecule has 258 valence electrons. The molecule has 0 aliphatic carbocycles. The van der Waals surface area contributed by atoms with Crippen LogP contribution < -0.4 is 18.9 Å².